The van der Waals surface area contributed by atoms with Gasteiger partial charge in [-0.3, -0.25) is 24.6 Å². The lowest BCUT2D eigenvalue weighted by molar-refractivity contribution is -0.384. The molecule has 0 unspecified atom stereocenters. The molecule has 2 aliphatic rings. The Bertz CT molecular complexity index is 1140. The van der Waals surface area contributed by atoms with Gasteiger partial charge in [-0.05, 0) is 48.4 Å². The van der Waals surface area contributed by atoms with Crippen LogP contribution < -0.4 is 4.74 Å². The van der Waals surface area contributed by atoms with Crippen molar-refractivity contribution in [1.82, 2.24) is 9.80 Å². The smallest absolute Gasteiger partial charge is 0.295 e. The Labute approximate surface area is 208 Å². The van der Waals surface area contributed by atoms with Gasteiger partial charge >= 0.3 is 0 Å². The number of benzene rings is 2. The number of aliphatic hydroxyl groups excluding tert-OH is 1. The summed E-state index contributed by atoms with van der Waals surface area (Å²) in [5.41, 5.74) is 0.730. The highest BCUT2D eigenvalue weighted by molar-refractivity contribution is 6.46. The molecule has 190 valence electrons. The van der Waals surface area contributed by atoms with Crippen molar-refractivity contribution in [2.45, 2.75) is 19.4 Å². The summed E-state index contributed by atoms with van der Waals surface area (Å²) in [6, 6.07) is 11.5. The van der Waals surface area contributed by atoms with E-state index in [1.165, 1.54) is 29.2 Å². The van der Waals surface area contributed by atoms with Gasteiger partial charge in [0.15, 0.2) is 0 Å². The van der Waals surface area contributed by atoms with E-state index in [0.717, 1.165) is 19.5 Å². The van der Waals surface area contributed by atoms with E-state index in [4.69, 9.17) is 9.47 Å². The first-order valence-corrected chi connectivity index (χ1v) is 12.0. The van der Waals surface area contributed by atoms with E-state index < -0.39 is 22.7 Å². The van der Waals surface area contributed by atoms with Crippen molar-refractivity contribution in [1.29, 1.82) is 0 Å². The molecule has 0 aromatic heterocycles. The molecular weight excluding hydrogens is 466 g/mol. The number of ether oxygens (including phenoxy) is 2. The SMILES string of the molecule is CCCOc1ccc(C(O)=C2C(=O)C(=O)N(CCN3CCOCC3)[C@@H]2c2ccc([N+](=O)[O-])cc2)cc1. The first-order valence-electron chi connectivity index (χ1n) is 12.0. The van der Waals surface area contributed by atoms with Gasteiger partial charge in [-0.25, -0.2) is 0 Å². The standard InChI is InChI=1S/C26H29N3O7/c1-2-15-36-21-9-5-19(6-10-21)24(30)22-23(18-3-7-20(8-4-18)29(33)34)28(26(32)25(22)31)12-11-27-13-16-35-17-14-27/h3-10,23,30H,2,11-17H2,1H3/t23-/m1/s1. The topological polar surface area (TPSA) is 122 Å². The van der Waals surface area contributed by atoms with Crippen molar-refractivity contribution >= 4 is 23.1 Å². The number of morpholine rings is 1. The van der Waals surface area contributed by atoms with Crippen LogP contribution in [0.2, 0.25) is 0 Å². The average Bonchev–Trinajstić information content (AvgIpc) is 3.16. The van der Waals surface area contributed by atoms with Crippen LogP contribution in [0.4, 0.5) is 5.69 Å². The molecule has 0 spiro atoms. The molecule has 0 aliphatic carbocycles. The molecule has 1 atom stereocenters. The molecule has 2 aromatic carbocycles. The summed E-state index contributed by atoms with van der Waals surface area (Å²) in [4.78, 5) is 40.5. The molecule has 2 fully saturated rings. The maximum absolute atomic E-state index is 13.2. The number of nitro groups is 1. The van der Waals surface area contributed by atoms with E-state index in [2.05, 4.69) is 4.90 Å². The summed E-state index contributed by atoms with van der Waals surface area (Å²) in [5.74, 6) is -1.17. The highest BCUT2D eigenvalue weighted by Crippen LogP contribution is 2.39. The van der Waals surface area contributed by atoms with E-state index in [9.17, 15) is 24.8 Å². The van der Waals surface area contributed by atoms with E-state index in [1.807, 2.05) is 6.92 Å². The molecule has 2 heterocycles. The van der Waals surface area contributed by atoms with Crippen molar-refractivity contribution in [3.05, 3.63) is 75.3 Å². The normalized spacial score (nSPS) is 20.0. The number of aliphatic hydroxyl groups is 1. The van der Waals surface area contributed by atoms with Gasteiger partial charge in [0.2, 0.25) is 0 Å². The number of rotatable bonds is 9. The third-order valence-electron chi connectivity index (χ3n) is 6.32. The number of non-ortho nitro benzene ring substituents is 1. The molecule has 4 rings (SSSR count). The number of hydrogen-bond donors (Lipinski definition) is 1. The Kier molecular flexibility index (Phi) is 7.97. The molecule has 10 nitrogen and oxygen atoms in total. The maximum atomic E-state index is 13.2. The summed E-state index contributed by atoms with van der Waals surface area (Å²) in [5, 5.41) is 22.3. The highest BCUT2D eigenvalue weighted by atomic mass is 16.6. The highest BCUT2D eigenvalue weighted by Gasteiger charge is 2.46. The van der Waals surface area contributed by atoms with Crippen LogP contribution in [-0.4, -0.2) is 77.5 Å². The van der Waals surface area contributed by atoms with Crippen molar-refractivity contribution in [2.24, 2.45) is 0 Å². The molecule has 36 heavy (non-hydrogen) atoms. The summed E-state index contributed by atoms with van der Waals surface area (Å²) < 4.78 is 11.0. The molecule has 1 amide bonds. The number of carbonyl (C=O) groups excluding carboxylic acids is 2. The van der Waals surface area contributed by atoms with Gasteiger partial charge < -0.3 is 19.5 Å². The van der Waals surface area contributed by atoms with Crippen LogP contribution in [-0.2, 0) is 14.3 Å². The Morgan fingerprint density at radius 1 is 1.08 bits per heavy atom. The van der Waals surface area contributed by atoms with Crippen molar-refractivity contribution in [3.63, 3.8) is 0 Å². The lowest BCUT2D eigenvalue weighted by Gasteiger charge is -2.31. The lowest BCUT2D eigenvalue weighted by Crippen LogP contribution is -2.42. The minimum absolute atomic E-state index is 0.0435. The summed E-state index contributed by atoms with van der Waals surface area (Å²) >= 11 is 0. The van der Waals surface area contributed by atoms with Crippen LogP contribution in [0, 0.1) is 10.1 Å². The van der Waals surface area contributed by atoms with Crippen LogP contribution >= 0.6 is 0 Å². The predicted octanol–water partition coefficient (Wildman–Crippen LogP) is 3.14. The van der Waals surface area contributed by atoms with Gasteiger partial charge in [-0.2, -0.15) is 0 Å². The number of ketones is 1. The van der Waals surface area contributed by atoms with E-state index in [1.54, 1.807) is 24.3 Å². The third-order valence-corrected chi connectivity index (χ3v) is 6.32. The summed E-state index contributed by atoms with van der Waals surface area (Å²) in [6.07, 6.45) is 0.852. The fourth-order valence-corrected chi connectivity index (χ4v) is 4.39. The zero-order valence-electron chi connectivity index (χ0n) is 20.1. The monoisotopic (exact) mass is 495 g/mol. The second kappa shape index (κ2) is 11.3. The number of Topliss-reactive ketones (excluding diaryl/α,β-unsaturated/α-hetero) is 1. The number of amides is 1. The van der Waals surface area contributed by atoms with Gasteiger partial charge in [-0.15, -0.1) is 0 Å². The molecule has 2 aromatic rings. The van der Waals surface area contributed by atoms with Crippen LogP contribution in [0.15, 0.2) is 54.1 Å². The van der Waals surface area contributed by atoms with Gasteiger partial charge in [0.1, 0.15) is 11.5 Å². The van der Waals surface area contributed by atoms with Gasteiger partial charge in [0, 0.05) is 43.9 Å². The average molecular weight is 496 g/mol. The quantitative estimate of drug-likeness (QED) is 0.185. The molecule has 1 N–H and O–H groups in total. The second-order valence-electron chi connectivity index (χ2n) is 8.67. The zero-order chi connectivity index (χ0) is 25.7. The predicted molar refractivity (Wildman–Crippen MR) is 132 cm³/mol. The molecular formula is C26H29N3O7. The second-order valence-corrected chi connectivity index (χ2v) is 8.67. The molecule has 0 radical (unpaired) electrons. The van der Waals surface area contributed by atoms with E-state index >= 15 is 0 Å². The number of carbonyl (C=O) groups is 2. The van der Waals surface area contributed by atoms with Crippen molar-refractivity contribution in [3.8, 4) is 5.75 Å². The molecule has 10 heteroatoms. The number of hydrogen-bond acceptors (Lipinski definition) is 8. The largest absolute Gasteiger partial charge is 0.507 e. The minimum atomic E-state index is -0.872. The lowest BCUT2D eigenvalue weighted by atomic mass is 9.95. The maximum Gasteiger partial charge on any atom is 0.295 e. The van der Waals surface area contributed by atoms with Gasteiger partial charge in [-0.1, -0.05) is 6.92 Å². The third kappa shape index (κ3) is 5.39. The van der Waals surface area contributed by atoms with E-state index in [-0.39, 0.29) is 23.6 Å². The molecule has 0 saturated carbocycles. The number of likely N-dealkylation sites (tertiary alicyclic amines) is 1. The Balaban J connectivity index is 1.70. The zero-order valence-corrected chi connectivity index (χ0v) is 20.1. The Morgan fingerprint density at radius 2 is 1.75 bits per heavy atom. The summed E-state index contributed by atoms with van der Waals surface area (Å²) in [7, 11) is 0. The van der Waals surface area contributed by atoms with E-state index in [0.29, 0.717) is 43.2 Å². The van der Waals surface area contributed by atoms with Gasteiger partial charge in [0.25, 0.3) is 17.4 Å². The Morgan fingerprint density at radius 3 is 2.36 bits per heavy atom. The Hall–Kier alpha value is -3.76. The van der Waals surface area contributed by atoms with Gasteiger partial charge in [0.05, 0.1) is 36.4 Å². The molecule has 2 saturated heterocycles. The van der Waals surface area contributed by atoms with Crippen molar-refractivity contribution < 1.29 is 29.1 Å². The minimum Gasteiger partial charge on any atom is -0.507 e. The molecule has 0 bridgehead atoms. The number of nitro benzene ring substituents is 1. The first-order chi connectivity index (χ1) is 17.4. The van der Waals surface area contributed by atoms with Crippen molar-refractivity contribution in [2.75, 3.05) is 46.0 Å². The summed E-state index contributed by atoms with van der Waals surface area (Å²) in [6.45, 7) is 5.98. The fourth-order valence-electron chi connectivity index (χ4n) is 4.39. The molecule has 2 aliphatic heterocycles. The van der Waals surface area contributed by atoms with Crippen LogP contribution in [0.25, 0.3) is 5.76 Å². The number of nitrogens with zero attached hydrogens (tertiary/aromatic N) is 3. The van der Waals surface area contributed by atoms with Crippen LogP contribution in [0.1, 0.15) is 30.5 Å². The van der Waals surface area contributed by atoms with Crippen LogP contribution in [0.5, 0.6) is 5.75 Å². The van der Waals surface area contributed by atoms with Crippen LogP contribution in [0.3, 0.4) is 0 Å². The first kappa shape index (κ1) is 25.3. The fraction of sp³-hybridized carbons (Fsp3) is 0.385.